The van der Waals surface area contributed by atoms with Crippen LogP contribution in [0, 0.1) is 35.5 Å². The second-order valence-corrected chi connectivity index (χ2v) is 13.6. The first-order valence-electron chi connectivity index (χ1n) is 13.5. The van der Waals surface area contributed by atoms with Crippen LogP contribution in [0.4, 0.5) is 0 Å². The van der Waals surface area contributed by atoms with Crippen molar-refractivity contribution >= 4 is 13.6 Å². The maximum atomic E-state index is 14.9. The molecule has 7 heteroatoms. The van der Waals surface area contributed by atoms with Crippen LogP contribution in [0.3, 0.4) is 0 Å². The zero-order valence-electron chi connectivity index (χ0n) is 22.7. The zero-order chi connectivity index (χ0) is 25.8. The number of rotatable bonds is 9. The van der Waals surface area contributed by atoms with E-state index >= 15 is 0 Å². The molecule has 0 saturated heterocycles. The first kappa shape index (κ1) is 28.3. The predicted molar refractivity (Wildman–Crippen MR) is 139 cm³/mol. The molecule has 0 bridgehead atoms. The van der Waals surface area contributed by atoms with Crippen molar-refractivity contribution in [3.05, 3.63) is 30.1 Å². The molecule has 198 valence electrons. The van der Waals surface area contributed by atoms with Gasteiger partial charge in [0.1, 0.15) is 0 Å². The fourth-order valence-corrected chi connectivity index (χ4v) is 8.04. The number of carbonyl (C=O) groups is 1. The summed E-state index contributed by atoms with van der Waals surface area (Å²) in [6.45, 7) is 14.6. The molecule has 3 rings (SSSR count). The van der Waals surface area contributed by atoms with Crippen molar-refractivity contribution < 1.29 is 23.1 Å². The molecule has 1 unspecified atom stereocenters. The Morgan fingerprint density at radius 3 is 1.86 bits per heavy atom. The average molecular weight is 508 g/mol. The maximum absolute atomic E-state index is 14.9. The normalized spacial score (nSPS) is 32.3. The number of carbonyl (C=O) groups excluding carboxylic acids is 1. The van der Waals surface area contributed by atoms with Crippen LogP contribution >= 0.6 is 7.60 Å². The van der Waals surface area contributed by atoms with Gasteiger partial charge in [-0.1, -0.05) is 47.6 Å². The third kappa shape index (κ3) is 7.40. The Morgan fingerprint density at radius 1 is 0.943 bits per heavy atom. The monoisotopic (exact) mass is 507 g/mol. The van der Waals surface area contributed by atoms with Crippen LogP contribution in [-0.4, -0.2) is 23.2 Å². The molecule has 1 aromatic rings. The predicted octanol–water partition coefficient (Wildman–Crippen LogP) is 7.79. The Morgan fingerprint density at radius 2 is 1.46 bits per heavy atom. The van der Waals surface area contributed by atoms with E-state index in [1.807, 2.05) is 0 Å². The van der Waals surface area contributed by atoms with Gasteiger partial charge in [-0.3, -0.25) is 14.3 Å². The van der Waals surface area contributed by atoms with Crippen molar-refractivity contribution in [1.29, 1.82) is 0 Å². The van der Waals surface area contributed by atoms with E-state index in [0.717, 1.165) is 38.5 Å². The lowest BCUT2D eigenvalue weighted by atomic mass is 9.76. The standard InChI is InChI=1S/C28H46NO5P/c1-18(2)23-12-10-20(5)26(15-23)33-35(31,28(32-22(7)30)25-9-8-14-29-17-25)34-27-16-24(19(3)4)13-11-21(27)6/h8-9,14,17-21,23-24,26-28H,10-13,15-16H2,1-7H3/t20-,21+,23+,24-,26-,27-,28+,35?/m1/s1. The average Bonchev–Trinajstić information content (AvgIpc) is 2.80. The molecule has 1 heterocycles. The Bertz CT molecular complexity index is 822. The molecule has 0 aliphatic heterocycles. The van der Waals surface area contributed by atoms with E-state index in [-0.39, 0.29) is 24.0 Å². The molecule has 35 heavy (non-hydrogen) atoms. The molecule has 2 saturated carbocycles. The van der Waals surface area contributed by atoms with E-state index in [1.165, 1.54) is 6.92 Å². The topological polar surface area (TPSA) is 74.7 Å². The summed E-state index contributed by atoms with van der Waals surface area (Å²) in [7, 11) is -3.91. The van der Waals surface area contributed by atoms with Gasteiger partial charge in [-0.2, -0.15) is 0 Å². The lowest BCUT2D eigenvalue weighted by Crippen LogP contribution is -2.35. The highest BCUT2D eigenvalue weighted by Gasteiger charge is 2.48. The molecule has 2 aliphatic carbocycles. The molecule has 2 aliphatic rings. The van der Waals surface area contributed by atoms with Crippen molar-refractivity contribution in [3.63, 3.8) is 0 Å². The highest BCUT2D eigenvalue weighted by Crippen LogP contribution is 2.65. The largest absolute Gasteiger partial charge is 0.444 e. The van der Waals surface area contributed by atoms with E-state index in [9.17, 15) is 9.36 Å². The molecule has 0 radical (unpaired) electrons. The minimum atomic E-state index is -3.91. The van der Waals surface area contributed by atoms with Gasteiger partial charge in [0.25, 0.3) is 0 Å². The van der Waals surface area contributed by atoms with Crippen LogP contribution in [0.1, 0.15) is 98.4 Å². The summed E-state index contributed by atoms with van der Waals surface area (Å²) >= 11 is 0. The molecule has 8 atom stereocenters. The minimum absolute atomic E-state index is 0.212. The van der Waals surface area contributed by atoms with Crippen LogP contribution in [0.2, 0.25) is 0 Å². The lowest BCUT2D eigenvalue weighted by molar-refractivity contribution is -0.144. The van der Waals surface area contributed by atoms with Gasteiger partial charge in [0.05, 0.1) is 12.2 Å². The van der Waals surface area contributed by atoms with Crippen LogP contribution < -0.4 is 0 Å². The number of ether oxygens (including phenoxy) is 1. The Labute approximate surface area is 212 Å². The van der Waals surface area contributed by atoms with Gasteiger partial charge in [-0.05, 0) is 80.1 Å². The molecule has 2 fully saturated rings. The maximum Gasteiger partial charge on any atom is 0.376 e. The smallest absolute Gasteiger partial charge is 0.376 e. The van der Waals surface area contributed by atoms with Crippen molar-refractivity contribution in [2.24, 2.45) is 35.5 Å². The van der Waals surface area contributed by atoms with Gasteiger partial charge >= 0.3 is 13.6 Å². The van der Waals surface area contributed by atoms with Gasteiger partial charge < -0.3 is 13.8 Å². The van der Waals surface area contributed by atoms with E-state index < -0.39 is 19.4 Å². The van der Waals surface area contributed by atoms with E-state index in [2.05, 4.69) is 46.5 Å². The first-order valence-corrected chi connectivity index (χ1v) is 15.1. The summed E-state index contributed by atoms with van der Waals surface area (Å²) in [4.78, 5) is 16.4. The summed E-state index contributed by atoms with van der Waals surface area (Å²) in [6.07, 6.45) is 8.82. The number of esters is 1. The minimum Gasteiger partial charge on any atom is -0.444 e. The molecule has 0 aromatic carbocycles. The fraction of sp³-hybridized carbons (Fsp3) is 0.786. The zero-order valence-corrected chi connectivity index (χ0v) is 23.6. The summed E-state index contributed by atoms with van der Waals surface area (Å²) < 4.78 is 33.7. The van der Waals surface area contributed by atoms with E-state index in [4.69, 9.17) is 13.8 Å². The van der Waals surface area contributed by atoms with Gasteiger partial charge in [-0.25, -0.2) is 0 Å². The summed E-state index contributed by atoms with van der Waals surface area (Å²) in [5.74, 6) is 0.931. The van der Waals surface area contributed by atoms with Gasteiger partial charge in [0.15, 0.2) is 0 Å². The van der Waals surface area contributed by atoms with Gasteiger partial charge in [0, 0.05) is 24.9 Å². The van der Waals surface area contributed by atoms with E-state index in [0.29, 0.717) is 29.2 Å². The summed E-state index contributed by atoms with van der Waals surface area (Å²) in [5, 5.41) is 0. The summed E-state index contributed by atoms with van der Waals surface area (Å²) in [5.41, 5.74) is 0.541. The van der Waals surface area contributed by atoms with Crippen LogP contribution in [-0.2, 0) is 23.1 Å². The third-order valence-corrected chi connectivity index (χ3v) is 10.4. The molecular formula is C28H46NO5P. The molecule has 0 spiro atoms. The number of pyridine rings is 1. The Hall–Kier alpha value is -1.23. The highest BCUT2D eigenvalue weighted by molar-refractivity contribution is 7.54. The second-order valence-electron chi connectivity index (χ2n) is 11.7. The van der Waals surface area contributed by atoms with Crippen LogP contribution in [0.25, 0.3) is 0 Å². The van der Waals surface area contributed by atoms with Crippen molar-refractivity contribution in [1.82, 2.24) is 4.98 Å². The highest BCUT2D eigenvalue weighted by atomic mass is 31.2. The second kappa shape index (κ2) is 12.3. The van der Waals surface area contributed by atoms with Crippen LogP contribution in [0.5, 0.6) is 0 Å². The van der Waals surface area contributed by atoms with Gasteiger partial charge in [0.2, 0.25) is 5.85 Å². The molecular weight excluding hydrogens is 461 g/mol. The fourth-order valence-electron chi connectivity index (χ4n) is 5.63. The summed E-state index contributed by atoms with van der Waals surface area (Å²) in [6, 6.07) is 3.54. The lowest BCUT2D eigenvalue weighted by Gasteiger charge is -2.42. The van der Waals surface area contributed by atoms with Crippen molar-refractivity contribution in [3.8, 4) is 0 Å². The Balaban J connectivity index is 1.97. The number of aromatic nitrogens is 1. The number of nitrogens with zero attached hydrogens (tertiary/aromatic N) is 1. The SMILES string of the molecule is CC(=O)O[C@H](c1cccnc1)P(=O)(O[C@@H]1C[C@@H](C(C)C)CC[C@H]1C)O[C@@H]1C[C@H](C(C)C)CC[C@@H]1C. The molecule has 0 N–H and O–H groups in total. The molecule has 6 nitrogen and oxygen atoms in total. The number of hydrogen-bond acceptors (Lipinski definition) is 6. The molecule has 1 aromatic heterocycles. The molecule has 0 amide bonds. The first-order chi connectivity index (χ1) is 16.5. The number of hydrogen-bond donors (Lipinski definition) is 0. The quantitative estimate of drug-likeness (QED) is 0.251. The third-order valence-electron chi connectivity index (χ3n) is 8.31. The van der Waals surface area contributed by atoms with Crippen LogP contribution in [0.15, 0.2) is 24.5 Å². The van der Waals surface area contributed by atoms with Gasteiger partial charge in [-0.15, -0.1) is 0 Å². The Kier molecular flexibility index (Phi) is 9.99. The van der Waals surface area contributed by atoms with Crippen molar-refractivity contribution in [2.45, 2.75) is 105 Å². The van der Waals surface area contributed by atoms with E-state index in [1.54, 1.807) is 24.5 Å². The van der Waals surface area contributed by atoms with Crippen molar-refractivity contribution in [2.75, 3.05) is 0 Å².